The average Bonchev–Trinajstić information content (AvgIpc) is 3.56. The molecule has 1 aromatic heterocycles. The number of likely N-dealkylation sites (tertiary alicyclic amines) is 1. The fraction of sp³-hybridized carbons (Fsp3) is 0.238. The fourth-order valence-electron chi connectivity index (χ4n) is 7.53. The molecule has 2 unspecified atom stereocenters. The number of benzene rings is 5. The van der Waals surface area contributed by atoms with Crippen LogP contribution in [0.1, 0.15) is 5.56 Å². The molecule has 2 aliphatic heterocycles. The van der Waals surface area contributed by atoms with Gasteiger partial charge in [0.2, 0.25) is 0 Å². The maximum Gasteiger partial charge on any atom is 0.293 e. The molecule has 8 rings (SSSR count). The molecule has 0 aliphatic carbocycles. The van der Waals surface area contributed by atoms with Crippen molar-refractivity contribution in [2.45, 2.75) is 27.6 Å². The molecule has 2 atom stereocenters. The second-order valence-electron chi connectivity index (χ2n) is 14.3. The lowest BCUT2D eigenvalue weighted by Gasteiger charge is -2.36. The predicted octanol–water partition coefficient (Wildman–Crippen LogP) is 7.87. The third kappa shape index (κ3) is 8.85. The van der Waals surface area contributed by atoms with Crippen LogP contribution < -0.4 is 14.9 Å². The number of nitro benzene ring substituents is 1. The SMILES string of the molecule is CN1CC(Nc2ccc(S(=O)(=O)Nc3ncnc4cc(N5CCN(Cc6ccccc6-c6ccc(Cl)cc6)CC5)ccc34)cc2[N+](=O)[O-])C(Sc2ccccc2)C1. The van der Waals surface area contributed by atoms with Gasteiger partial charge < -0.3 is 15.1 Å². The summed E-state index contributed by atoms with van der Waals surface area (Å²) in [4.78, 5) is 28.2. The summed E-state index contributed by atoms with van der Waals surface area (Å²) in [5.74, 6) is 0.0929. The number of nitro groups is 1. The van der Waals surface area contributed by atoms with Crippen LogP contribution in [0.25, 0.3) is 22.0 Å². The van der Waals surface area contributed by atoms with Crippen LogP contribution in [0.3, 0.4) is 0 Å². The van der Waals surface area contributed by atoms with Gasteiger partial charge in [0.25, 0.3) is 15.7 Å². The molecule has 57 heavy (non-hydrogen) atoms. The zero-order valence-corrected chi connectivity index (χ0v) is 33.6. The Hall–Kier alpha value is -5.25. The molecule has 0 spiro atoms. The molecule has 2 fully saturated rings. The van der Waals surface area contributed by atoms with E-state index in [1.165, 1.54) is 29.6 Å². The molecule has 0 saturated carbocycles. The fourth-order valence-corrected chi connectivity index (χ4v) is 10.0. The summed E-state index contributed by atoms with van der Waals surface area (Å²) >= 11 is 7.85. The minimum absolute atomic E-state index is 0.0929. The van der Waals surface area contributed by atoms with Gasteiger partial charge in [-0.1, -0.05) is 66.2 Å². The number of piperazine rings is 1. The molecule has 5 aromatic carbocycles. The van der Waals surface area contributed by atoms with Crippen molar-refractivity contribution in [3.63, 3.8) is 0 Å². The number of sulfonamides is 1. The van der Waals surface area contributed by atoms with Crippen LogP contribution in [0.15, 0.2) is 131 Å². The van der Waals surface area contributed by atoms with Gasteiger partial charge in [0.15, 0.2) is 5.82 Å². The highest BCUT2D eigenvalue weighted by molar-refractivity contribution is 8.00. The van der Waals surface area contributed by atoms with Crippen LogP contribution in [-0.2, 0) is 16.6 Å². The first kappa shape index (κ1) is 38.6. The first-order valence-corrected chi connectivity index (χ1v) is 21.4. The van der Waals surface area contributed by atoms with E-state index in [2.05, 4.69) is 71.1 Å². The van der Waals surface area contributed by atoms with Crippen LogP contribution in [0.2, 0.25) is 5.02 Å². The van der Waals surface area contributed by atoms with Crippen LogP contribution in [0, 0.1) is 10.1 Å². The molecule has 0 bridgehead atoms. The molecule has 292 valence electrons. The largest absolute Gasteiger partial charge is 0.374 e. The van der Waals surface area contributed by atoms with Crippen molar-refractivity contribution in [1.82, 2.24) is 19.8 Å². The number of hydrogen-bond donors (Lipinski definition) is 2. The third-order valence-corrected chi connectivity index (χ3v) is 13.4. The normalized spacial score (nSPS) is 17.8. The van der Waals surface area contributed by atoms with E-state index in [1.54, 1.807) is 11.8 Å². The zero-order valence-electron chi connectivity index (χ0n) is 31.2. The smallest absolute Gasteiger partial charge is 0.293 e. The number of aromatic nitrogens is 2. The highest BCUT2D eigenvalue weighted by atomic mass is 35.5. The minimum atomic E-state index is -4.26. The lowest BCUT2D eigenvalue weighted by atomic mass is 9.99. The second-order valence-corrected chi connectivity index (χ2v) is 17.8. The van der Waals surface area contributed by atoms with E-state index in [0.717, 1.165) is 61.5 Å². The number of nitrogens with one attached hydrogen (secondary N) is 2. The predicted molar refractivity (Wildman–Crippen MR) is 229 cm³/mol. The average molecular weight is 821 g/mol. The summed E-state index contributed by atoms with van der Waals surface area (Å²) in [7, 11) is -2.24. The van der Waals surface area contributed by atoms with Crippen molar-refractivity contribution in [2.75, 3.05) is 61.3 Å². The molecule has 3 heterocycles. The summed E-state index contributed by atoms with van der Waals surface area (Å²) in [6.07, 6.45) is 1.32. The van der Waals surface area contributed by atoms with Gasteiger partial charge in [-0.05, 0) is 78.3 Å². The Morgan fingerprint density at radius 2 is 1.63 bits per heavy atom. The topological polar surface area (TPSA) is 137 Å². The van der Waals surface area contributed by atoms with Crippen LogP contribution in [0.4, 0.5) is 22.9 Å². The molecule has 0 amide bonds. The Morgan fingerprint density at radius 1 is 0.877 bits per heavy atom. The van der Waals surface area contributed by atoms with Gasteiger partial charge in [-0.3, -0.25) is 19.7 Å². The van der Waals surface area contributed by atoms with Gasteiger partial charge in [-0.15, -0.1) is 11.8 Å². The lowest BCUT2D eigenvalue weighted by Crippen LogP contribution is -2.46. The van der Waals surface area contributed by atoms with E-state index >= 15 is 0 Å². The van der Waals surface area contributed by atoms with Gasteiger partial charge in [0.1, 0.15) is 12.0 Å². The van der Waals surface area contributed by atoms with E-state index < -0.39 is 14.9 Å². The van der Waals surface area contributed by atoms with Crippen LogP contribution in [-0.4, -0.2) is 90.7 Å². The molecule has 2 saturated heterocycles. The van der Waals surface area contributed by atoms with Gasteiger partial charge in [-0.25, -0.2) is 18.4 Å². The van der Waals surface area contributed by atoms with Crippen molar-refractivity contribution >= 4 is 67.2 Å². The van der Waals surface area contributed by atoms with Crippen LogP contribution in [0.5, 0.6) is 0 Å². The molecule has 12 nitrogen and oxygen atoms in total. The third-order valence-electron chi connectivity index (χ3n) is 10.5. The summed E-state index contributed by atoms with van der Waals surface area (Å²) in [6.45, 7) is 5.67. The molecular formula is C42H41ClN8O4S2. The van der Waals surface area contributed by atoms with E-state index in [4.69, 9.17) is 11.6 Å². The van der Waals surface area contributed by atoms with E-state index in [0.29, 0.717) is 22.5 Å². The van der Waals surface area contributed by atoms with Crippen LogP contribution >= 0.6 is 23.4 Å². The standard InChI is InChI=1S/C42H41ClN8O4S2/c1-48-26-39(41(27-48)56-33-8-3-2-4-9-33)46-37-18-16-34(24-40(37)51(52)53)57(54,55)47-42-36-17-15-32(23-38(36)44-28-45-42)50-21-19-49(20-22-50)25-30-7-5-6-10-35(30)29-11-13-31(43)14-12-29/h2-18,23-24,28,39,41,46H,19-22,25-27H2,1H3,(H,44,45,47). The lowest BCUT2D eigenvalue weighted by molar-refractivity contribution is -0.384. The van der Waals surface area contributed by atoms with Crippen molar-refractivity contribution in [1.29, 1.82) is 0 Å². The van der Waals surface area contributed by atoms with Gasteiger partial charge in [-0.2, -0.15) is 0 Å². The summed E-state index contributed by atoms with van der Waals surface area (Å²) in [5, 5.41) is 17.0. The Balaban J connectivity index is 0.940. The summed E-state index contributed by atoms with van der Waals surface area (Å²) < 4.78 is 30.0. The Bertz CT molecular complexity index is 2500. The van der Waals surface area contributed by atoms with Crippen molar-refractivity contribution in [2.24, 2.45) is 0 Å². The molecule has 2 N–H and O–H groups in total. The first-order valence-electron chi connectivity index (χ1n) is 18.6. The number of hydrogen-bond acceptors (Lipinski definition) is 11. The van der Waals surface area contributed by atoms with E-state index in [1.807, 2.05) is 67.7 Å². The Kier molecular flexibility index (Phi) is 11.3. The number of rotatable bonds is 12. The first-order chi connectivity index (χ1) is 27.6. The summed E-state index contributed by atoms with van der Waals surface area (Å²) in [5.41, 5.74) is 5.10. The Morgan fingerprint density at radius 3 is 2.40 bits per heavy atom. The highest BCUT2D eigenvalue weighted by Crippen LogP contribution is 2.35. The Labute approximate surface area is 341 Å². The number of anilines is 3. The van der Waals surface area contributed by atoms with Crippen molar-refractivity contribution in [3.05, 3.63) is 142 Å². The number of thioether (sulfide) groups is 1. The maximum absolute atomic E-state index is 13.7. The molecule has 0 radical (unpaired) electrons. The monoisotopic (exact) mass is 820 g/mol. The number of halogens is 1. The minimum Gasteiger partial charge on any atom is -0.374 e. The molecular weight excluding hydrogens is 780 g/mol. The summed E-state index contributed by atoms with van der Waals surface area (Å²) in [6, 6.07) is 36.0. The van der Waals surface area contributed by atoms with Gasteiger partial charge in [0, 0.05) is 78.1 Å². The van der Waals surface area contributed by atoms with Crippen molar-refractivity contribution < 1.29 is 13.3 Å². The molecule has 2 aliphatic rings. The molecule has 15 heteroatoms. The van der Waals surface area contributed by atoms with Crippen molar-refractivity contribution in [3.8, 4) is 11.1 Å². The highest BCUT2D eigenvalue weighted by Gasteiger charge is 2.33. The van der Waals surface area contributed by atoms with E-state index in [-0.39, 0.29) is 33.4 Å². The maximum atomic E-state index is 13.7. The van der Waals surface area contributed by atoms with Gasteiger partial charge in [0.05, 0.1) is 21.4 Å². The number of likely N-dealkylation sites (N-methyl/N-ethyl adjacent to an activating group) is 1. The van der Waals surface area contributed by atoms with E-state index in [9.17, 15) is 18.5 Å². The number of nitrogens with zero attached hydrogens (tertiary/aromatic N) is 6. The second kappa shape index (κ2) is 16.7. The molecule has 6 aromatic rings. The van der Waals surface area contributed by atoms with Gasteiger partial charge >= 0.3 is 0 Å². The zero-order chi connectivity index (χ0) is 39.5. The number of fused-ring (bicyclic) bond motifs is 1. The quantitative estimate of drug-likeness (QED) is 0.0922.